The van der Waals surface area contributed by atoms with Gasteiger partial charge in [-0.1, -0.05) is 22.9 Å². The lowest BCUT2D eigenvalue weighted by molar-refractivity contribution is -0.384. The molecule has 0 saturated carbocycles. The summed E-state index contributed by atoms with van der Waals surface area (Å²) in [5, 5.41) is 14.7. The molecule has 1 N–H and O–H groups in total. The van der Waals surface area contributed by atoms with Crippen LogP contribution in [-0.4, -0.2) is 21.6 Å². The Morgan fingerprint density at radius 1 is 1.27 bits per heavy atom. The zero-order valence-corrected chi connectivity index (χ0v) is 15.9. The minimum Gasteiger partial charge on any atom is -0.302 e. The van der Waals surface area contributed by atoms with Crippen molar-refractivity contribution in [3.63, 3.8) is 0 Å². The number of nitrogens with zero attached hydrogens (tertiary/aromatic N) is 2. The number of nitro groups is 1. The predicted molar refractivity (Wildman–Crippen MR) is 106 cm³/mol. The molecule has 0 spiro atoms. The summed E-state index contributed by atoms with van der Waals surface area (Å²) in [6, 6.07) is 12.0. The number of hydrogen-bond donors (Lipinski definition) is 1. The lowest BCUT2D eigenvalue weighted by Gasteiger charge is -2.02. The number of fused-ring (bicyclic) bond motifs is 1. The number of halogens is 1. The maximum Gasteiger partial charge on any atom is 0.270 e. The van der Waals surface area contributed by atoms with Crippen molar-refractivity contribution in [3.8, 4) is 0 Å². The molecule has 0 aliphatic carbocycles. The fourth-order valence-electron chi connectivity index (χ4n) is 2.22. The highest BCUT2D eigenvalue weighted by Crippen LogP contribution is 2.29. The van der Waals surface area contributed by atoms with Crippen molar-refractivity contribution in [2.24, 2.45) is 0 Å². The number of amides is 1. The molecule has 6 nitrogen and oxygen atoms in total. The number of nitro benzene ring substituents is 1. The average Bonchev–Trinajstić information content (AvgIpc) is 3.01. The number of thioether (sulfide) groups is 1. The molecule has 3 rings (SSSR count). The summed E-state index contributed by atoms with van der Waals surface area (Å²) in [7, 11) is 0. The molecular weight excluding hydrogens is 394 g/mol. The maximum absolute atomic E-state index is 12.0. The normalized spacial score (nSPS) is 10.8. The van der Waals surface area contributed by atoms with Crippen molar-refractivity contribution in [2.45, 2.75) is 17.7 Å². The first-order chi connectivity index (χ1) is 12.5. The lowest BCUT2D eigenvalue weighted by Crippen LogP contribution is -2.11. The van der Waals surface area contributed by atoms with Crippen molar-refractivity contribution in [1.29, 1.82) is 0 Å². The van der Waals surface area contributed by atoms with Gasteiger partial charge in [-0.2, -0.15) is 0 Å². The summed E-state index contributed by atoms with van der Waals surface area (Å²) < 4.78 is 0.674. The molecule has 0 fully saturated rings. The highest BCUT2D eigenvalue weighted by Gasteiger charge is 2.12. The smallest absolute Gasteiger partial charge is 0.270 e. The molecule has 0 atom stereocenters. The molecule has 26 heavy (non-hydrogen) atoms. The van der Waals surface area contributed by atoms with E-state index in [-0.39, 0.29) is 11.6 Å². The number of benzene rings is 2. The Bertz CT molecular complexity index is 944. The zero-order chi connectivity index (χ0) is 18.5. The molecule has 0 aliphatic heterocycles. The molecule has 1 aromatic heterocycles. The zero-order valence-electron chi connectivity index (χ0n) is 13.5. The summed E-state index contributed by atoms with van der Waals surface area (Å²) in [5.41, 5.74) is 0.646. The van der Waals surface area contributed by atoms with Gasteiger partial charge < -0.3 is 5.32 Å². The molecule has 134 valence electrons. The third-order valence-electron chi connectivity index (χ3n) is 3.46. The quantitative estimate of drug-likeness (QED) is 0.246. The monoisotopic (exact) mass is 407 g/mol. The summed E-state index contributed by atoms with van der Waals surface area (Å²) in [5.74, 6) is 0.705. The topological polar surface area (TPSA) is 85.1 Å². The summed E-state index contributed by atoms with van der Waals surface area (Å²) in [6.07, 6.45) is 1.12. The van der Waals surface area contributed by atoms with Gasteiger partial charge in [-0.25, -0.2) is 4.98 Å². The molecular formula is C17H14ClN3O3S2. The molecule has 0 radical (unpaired) electrons. The van der Waals surface area contributed by atoms with Gasteiger partial charge in [0, 0.05) is 28.5 Å². The van der Waals surface area contributed by atoms with Crippen LogP contribution < -0.4 is 5.32 Å². The van der Waals surface area contributed by atoms with Gasteiger partial charge >= 0.3 is 0 Å². The second kappa shape index (κ2) is 8.48. The van der Waals surface area contributed by atoms with E-state index in [2.05, 4.69) is 10.3 Å². The van der Waals surface area contributed by atoms with Crippen molar-refractivity contribution in [3.05, 3.63) is 57.6 Å². The van der Waals surface area contributed by atoms with Crippen molar-refractivity contribution >= 4 is 61.6 Å². The first-order valence-corrected chi connectivity index (χ1v) is 9.92. The summed E-state index contributed by atoms with van der Waals surface area (Å²) in [6.45, 7) is 0. The fourth-order valence-corrected chi connectivity index (χ4v) is 4.11. The van der Waals surface area contributed by atoms with Crippen molar-refractivity contribution in [1.82, 2.24) is 4.98 Å². The van der Waals surface area contributed by atoms with Gasteiger partial charge in [-0.15, -0.1) is 11.8 Å². The van der Waals surface area contributed by atoms with Crippen LogP contribution in [-0.2, 0) is 4.79 Å². The number of carbonyl (C=O) groups excluding carboxylic acids is 1. The number of non-ortho nitro benzene ring substituents is 1. The Morgan fingerprint density at radius 2 is 2.04 bits per heavy atom. The molecule has 0 aliphatic rings. The van der Waals surface area contributed by atoms with E-state index in [0.29, 0.717) is 26.8 Å². The van der Waals surface area contributed by atoms with Gasteiger partial charge in [0.2, 0.25) is 5.91 Å². The van der Waals surface area contributed by atoms with Crippen LogP contribution in [0.5, 0.6) is 0 Å². The third-order valence-corrected chi connectivity index (χ3v) is 5.74. The first-order valence-electron chi connectivity index (χ1n) is 7.74. The van der Waals surface area contributed by atoms with Crippen LogP contribution in [0.1, 0.15) is 12.8 Å². The van der Waals surface area contributed by atoms with Crippen LogP contribution >= 0.6 is 34.7 Å². The van der Waals surface area contributed by atoms with Crippen molar-refractivity contribution < 1.29 is 9.72 Å². The van der Waals surface area contributed by atoms with Gasteiger partial charge in [-0.05, 0) is 42.5 Å². The van der Waals surface area contributed by atoms with E-state index in [1.54, 1.807) is 17.8 Å². The number of rotatable bonds is 7. The highest BCUT2D eigenvalue weighted by atomic mass is 35.5. The second-order valence-electron chi connectivity index (χ2n) is 5.38. The van der Waals surface area contributed by atoms with E-state index in [1.165, 1.54) is 23.5 Å². The predicted octanol–water partition coefficient (Wildman–Crippen LogP) is 5.37. The number of nitrogens with one attached hydrogen (secondary N) is 1. The largest absolute Gasteiger partial charge is 0.302 e. The van der Waals surface area contributed by atoms with E-state index in [9.17, 15) is 14.9 Å². The first kappa shape index (κ1) is 18.6. The van der Waals surface area contributed by atoms with Crippen molar-refractivity contribution in [2.75, 3.05) is 11.1 Å². The minimum atomic E-state index is -0.449. The van der Waals surface area contributed by atoms with Gasteiger partial charge in [0.05, 0.1) is 15.1 Å². The van der Waals surface area contributed by atoms with Crippen LogP contribution in [0.25, 0.3) is 10.2 Å². The van der Waals surface area contributed by atoms with Gasteiger partial charge in [0.1, 0.15) is 0 Å². The van der Waals surface area contributed by atoms with Gasteiger partial charge in [0.25, 0.3) is 5.69 Å². The Kier molecular flexibility index (Phi) is 6.08. The molecule has 0 saturated heterocycles. The Labute approximate surface area is 162 Å². The summed E-state index contributed by atoms with van der Waals surface area (Å²) in [4.78, 5) is 27.8. The lowest BCUT2D eigenvalue weighted by atomic mass is 10.3. The second-order valence-corrected chi connectivity index (χ2v) is 8.02. The molecule has 1 amide bonds. The number of aromatic nitrogens is 1. The van der Waals surface area contributed by atoms with E-state index < -0.39 is 4.92 Å². The Hall–Kier alpha value is -2.16. The molecule has 0 unspecified atom stereocenters. The van der Waals surface area contributed by atoms with Crippen LogP contribution in [0.15, 0.2) is 47.4 Å². The van der Waals surface area contributed by atoms with Gasteiger partial charge in [-0.3, -0.25) is 14.9 Å². The van der Waals surface area contributed by atoms with Crippen LogP contribution in [0.4, 0.5) is 10.8 Å². The van der Waals surface area contributed by atoms with Crippen LogP contribution in [0.2, 0.25) is 5.02 Å². The number of thiazole rings is 1. The van der Waals surface area contributed by atoms with E-state index >= 15 is 0 Å². The SMILES string of the molecule is O=C(CCCSc1ccc(Cl)cc1)Nc1nc2ccc([N+](=O)[O-])cc2s1. The van der Waals surface area contributed by atoms with E-state index in [4.69, 9.17) is 11.6 Å². The molecule has 3 aromatic rings. The maximum atomic E-state index is 12.0. The fraction of sp³-hybridized carbons (Fsp3) is 0.176. The highest BCUT2D eigenvalue weighted by molar-refractivity contribution is 7.99. The number of anilines is 1. The molecule has 1 heterocycles. The minimum absolute atomic E-state index is 0.0123. The molecule has 9 heteroatoms. The van der Waals surface area contributed by atoms with Crippen LogP contribution in [0, 0.1) is 10.1 Å². The Morgan fingerprint density at radius 3 is 2.77 bits per heavy atom. The standard InChI is InChI=1S/C17H14ClN3O3S2/c18-11-3-6-13(7-4-11)25-9-1-2-16(22)20-17-19-14-8-5-12(21(23)24)10-15(14)26-17/h3-8,10H,1-2,9H2,(H,19,20,22). The van der Waals surface area contributed by atoms with Gasteiger partial charge in [0.15, 0.2) is 5.13 Å². The molecule has 0 bridgehead atoms. The van der Waals surface area contributed by atoms with E-state index in [0.717, 1.165) is 17.1 Å². The molecule has 2 aromatic carbocycles. The summed E-state index contributed by atoms with van der Waals surface area (Å²) >= 11 is 8.74. The third kappa shape index (κ3) is 4.94. The average molecular weight is 408 g/mol. The van der Waals surface area contributed by atoms with E-state index in [1.807, 2.05) is 24.3 Å². The Balaban J connectivity index is 1.49. The van der Waals surface area contributed by atoms with Crippen LogP contribution in [0.3, 0.4) is 0 Å². The number of carbonyl (C=O) groups is 1. The number of hydrogen-bond acceptors (Lipinski definition) is 6.